The Kier molecular flexibility index (Phi) is 3.88. The quantitative estimate of drug-likeness (QED) is 0.621. The van der Waals surface area contributed by atoms with Crippen molar-refractivity contribution in [2.45, 2.75) is 12.8 Å². The van der Waals surface area contributed by atoms with Crippen molar-refractivity contribution in [1.29, 1.82) is 0 Å². The maximum absolute atomic E-state index is 10.3. The van der Waals surface area contributed by atoms with Gasteiger partial charge in [-0.2, -0.15) is 0 Å². The van der Waals surface area contributed by atoms with Crippen LogP contribution >= 0.6 is 11.8 Å². The predicted molar refractivity (Wildman–Crippen MR) is 54.1 cm³/mol. The van der Waals surface area contributed by atoms with E-state index >= 15 is 0 Å². The van der Waals surface area contributed by atoms with Crippen LogP contribution in [0, 0.1) is 0 Å². The van der Waals surface area contributed by atoms with E-state index in [9.17, 15) is 4.79 Å². The van der Waals surface area contributed by atoms with E-state index in [0.29, 0.717) is 6.42 Å². The molecule has 12 heavy (non-hydrogen) atoms. The molecule has 0 N–H and O–H groups in total. The largest absolute Gasteiger partial charge is 0.303 e. The van der Waals surface area contributed by atoms with Crippen LogP contribution in [0.1, 0.15) is 12.8 Å². The molecule has 2 heteroatoms. The number of carbonyl (C=O) groups is 1. The fraction of sp³-hybridized carbons (Fsp3) is 0.300. The summed E-state index contributed by atoms with van der Waals surface area (Å²) in [7, 11) is 0. The van der Waals surface area contributed by atoms with Crippen molar-refractivity contribution >= 4 is 18.0 Å². The Hall–Kier alpha value is -0.760. The second-order valence-corrected chi connectivity index (χ2v) is 3.49. The summed E-state index contributed by atoms with van der Waals surface area (Å²) in [5.74, 6) is 0. The lowest BCUT2D eigenvalue weighted by Gasteiger charge is -1.98. The number of thioether (sulfide) groups is 1. The van der Waals surface area contributed by atoms with Gasteiger partial charge in [-0.25, -0.2) is 0 Å². The van der Waals surface area contributed by atoms with E-state index in [1.54, 1.807) is 11.8 Å². The van der Waals surface area contributed by atoms with Gasteiger partial charge in [-0.15, -0.1) is 11.8 Å². The van der Waals surface area contributed by atoms with E-state index in [4.69, 9.17) is 0 Å². The molecule has 0 unspecified atom stereocenters. The third-order valence-electron chi connectivity index (χ3n) is 1.69. The summed E-state index contributed by atoms with van der Waals surface area (Å²) in [5, 5.41) is 0. The fourth-order valence-electron chi connectivity index (χ4n) is 1.06. The molecule has 0 aromatic heterocycles. The maximum atomic E-state index is 10.3. The summed E-state index contributed by atoms with van der Waals surface area (Å²) in [6.45, 7) is 0. The summed E-state index contributed by atoms with van der Waals surface area (Å²) >= 11 is 1.74. The molecule has 0 saturated heterocycles. The standard InChI is InChI=1S/C10H12OS/c1-12-10-5-3-2-4-9(8-10)6-7-11/h2-4,7-8H,5-6H2,1H3. The Balaban J connectivity index is 2.75. The fourth-order valence-corrected chi connectivity index (χ4v) is 1.59. The number of hydrogen-bond acceptors (Lipinski definition) is 2. The van der Waals surface area contributed by atoms with E-state index in [1.807, 2.05) is 12.2 Å². The van der Waals surface area contributed by atoms with Crippen LogP contribution in [-0.2, 0) is 4.79 Å². The zero-order valence-electron chi connectivity index (χ0n) is 7.12. The molecule has 0 aliphatic heterocycles. The third kappa shape index (κ3) is 2.70. The Morgan fingerprint density at radius 1 is 1.67 bits per heavy atom. The maximum Gasteiger partial charge on any atom is 0.124 e. The third-order valence-corrected chi connectivity index (χ3v) is 2.50. The van der Waals surface area contributed by atoms with Crippen LogP contribution < -0.4 is 0 Å². The van der Waals surface area contributed by atoms with Crippen LogP contribution in [0.3, 0.4) is 0 Å². The lowest BCUT2D eigenvalue weighted by molar-refractivity contribution is -0.107. The molecule has 0 fully saturated rings. The van der Waals surface area contributed by atoms with Gasteiger partial charge in [-0.1, -0.05) is 18.2 Å². The number of aldehydes is 1. The second kappa shape index (κ2) is 4.99. The molecule has 0 atom stereocenters. The molecule has 0 aromatic carbocycles. The normalized spacial score (nSPS) is 16.4. The van der Waals surface area contributed by atoms with Crippen LogP contribution in [0.15, 0.2) is 34.8 Å². The molecule has 1 aliphatic rings. The predicted octanol–water partition coefficient (Wildman–Crippen LogP) is 2.71. The molecule has 0 heterocycles. The highest BCUT2D eigenvalue weighted by molar-refractivity contribution is 8.02. The van der Waals surface area contributed by atoms with Crippen molar-refractivity contribution in [2.75, 3.05) is 6.26 Å². The van der Waals surface area contributed by atoms with Gasteiger partial charge in [-0.3, -0.25) is 0 Å². The number of hydrogen-bond donors (Lipinski definition) is 0. The van der Waals surface area contributed by atoms with Crippen molar-refractivity contribution in [1.82, 2.24) is 0 Å². The van der Waals surface area contributed by atoms with E-state index in [0.717, 1.165) is 18.3 Å². The molecule has 64 valence electrons. The average Bonchev–Trinajstić information content (AvgIpc) is 2.30. The van der Waals surface area contributed by atoms with E-state index < -0.39 is 0 Å². The number of carbonyl (C=O) groups excluding carboxylic acids is 1. The molecule has 1 aliphatic carbocycles. The van der Waals surface area contributed by atoms with Gasteiger partial charge in [0.2, 0.25) is 0 Å². The Morgan fingerprint density at radius 2 is 2.50 bits per heavy atom. The summed E-state index contributed by atoms with van der Waals surface area (Å²) in [4.78, 5) is 11.6. The zero-order valence-corrected chi connectivity index (χ0v) is 7.93. The van der Waals surface area contributed by atoms with Gasteiger partial charge in [-0.05, 0) is 29.2 Å². The molecular formula is C10H12OS. The van der Waals surface area contributed by atoms with Crippen molar-refractivity contribution in [2.24, 2.45) is 0 Å². The van der Waals surface area contributed by atoms with Gasteiger partial charge in [0, 0.05) is 6.42 Å². The van der Waals surface area contributed by atoms with Gasteiger partial charge >= 0.3 is 0 Å². The summed E-state index contributed by atoms with van der Waals surface area (Å²) in [6, 6.07) is 0. The average molecular weight is 180 g/mol. The van der Waals surface area contributed by atoms with E-state index in [1.165, 1.54) is 4.91 Å². The molecule has 0 amide bonds. The highest BCUT2D eigenvalue weighted by atomic mass is 32.2. The minimum Gasteiger partial charge on any atom is -0.303 e. The SMILES string of the molecule is CSC1=CC(CC=O)=CC=CC1. The molecule has 0 aromatic rings. The lowest BCUT2D eigenvalue weighted by Crippen LogP contribution is -1.80. The van der Waals surface area contributed by atoms with Gasteiger partial charge in [0.15, 0.2) is 0 Å². The summed E-state index contributed by atoms with van der Waals surface area (Å²) in [6.07, 6.45) is 12.7. The van der Waals surface area contributed by atoms with Crippen LogP contribution in [0.4, 0.5) is 0 Å². The molecule has 0 radical (unpaired) electrons. The highest BCUT2D eigenvalue weighted by Gasteiger charge is 1.98. The topological polar surface area (TPSA) is 17.1 Å². The van der Waals surface area contributed by atoms with Gasteiger partial charge in [0.1, 0.15) is 6.29 Å². The number of allylic oxidation sites excluding steroid dienone is 6. The molecule has 1 rings (SSSR count). The van der Waals surface area contributed by atoms with Crippen molar-refractivity contribution in [3.63, 3.8) is 0 Å². The molecule has 1 nitrogen and oxygen atoms in total. The Bertz CT molecular complexity index is 249. The first-order chi connectivity index (χ1) is 5.86. The molecule has 0 bridgehead atoms. The first kappa shape index (κ1) is 9.33. The van der Waals surface area contributed by atoms with Gasteiger partial charge in [0.05, 0.1) is 0 Å². The van der Waals surface area contributed by atoms with Crippen molar-refractivity contribution in [3.8, 4) is 0 Å². The van der Waals surface area contributed by atoms with Crippen molar-refractivity contribution < 1.29 is 4.79 Å². The van der Waals surface area contributed by atoms with Crippen LogP contribution in [0.25, 0.3) is 0 Å². The first-order valence-electron chi connectivity index (χ1n) is 3.90. The smallest absolute Gasteiger partial charge is 0.124 e. The second-order valence-electron chi connectivity index (χ2n) is 2.56. The van der Waals surface area contributed by atoms with E-state index in [2.05, 4.69) is 18.4 Å². The summed E-state index contributed by atoms with van der Waals surface area (Å²) < 4.78 is 0. The molecule has 0 saturated carbocycles. The summed E-state index contributed by atoms with van der Waals surface area (Å²) in [5.41, 5.74) is 1.10. The molecule has 0 spiro atoms. The van der Waals surface area contributed by atoms with Crippen LogP contribution in [0.2, 0.25) is 0 Å². The minimum absolute atomic E-state index is 0.522. The van der Waals surface area contributed by atoms with Gasteiger partial charge < -0.3 is 4.79 Å². The molecular weight excluding hydrogens is 168 g/mol. The Morgan fingerprint density at radius 3 is 3.17 bits per heavy atom. The van der Waals surface area contributed by atoms with Gasteiger partial charge in [0.25, 0.3) is 0 Å². The van der Waals surface area contributed by atoms with Crippen molar-refractivity contribution in [3.05, 3.63) is 34.8 Å². The highest BCUT2D eigenvalue weighted by Crippen LogP contribution is 2.22. The first-order valence-corrected chi connectivity index (χ1v) is 5.13. The minimum atomic E-state index is 0.522. The van der Waals surface area contributed by atoms with Crippen LogP contribution in [0.5, 0.6) is 0 Å². The monoisotopic (exact) mass is 180 g/mol. The Labute approximate surface area is 77.2 Å². The van der Waals surface area contributed by atoms with E-state index in [-0.39, 0.29) is 0 Å². The zero-order chi connectivity index (χ0) is 8.81. The van der Waals surface area contributed by atoms with Crippen LogP contribution in [-0.4, -0.2) is 12.5 Å². The number of rotatable bonds is 3. The lowest BCUT2D eigenvalue weighted by atomic mass is 10.2.